The molecule has 0 radical (unpaired) electrons. The van der Waals surface area contributed by atoms with Crippen LogP contribution in [0.1, 0.15) is 52.1 Å². The van der Waals surface area contributed by atoms with Crippen LogP contribution in [0.4, 0.5) is 11.4 Å². The number of anilines is 2. The number of hydrogen-bond donors (Lipinski definition) is 1. The van der Waals surface area contributed by atoms with E-state index in [1.54, 1.807) is 0 Å². The van der Waals surface area contributed by atoms with E-state index in [-0.39, 0.29) is 33.9 Å². The molecule has 4 rings (SSSR count). The van der Waals surface area contributed by atoms with Gasteiger partial charge < -0.3 is 15.0 Å². The fraction of sp³-hybridized carbons (Fsp3) is 0.435. The normalized spacial score (nSPS) is 33.5. The molecular formula is C23H27Cl2N3O2. The molecule has 2 aromatic carbocycles. The molecule has 7 heteroatoms. The highest BCUT2D eigenvalue weighted by Gasteiger charge is 2.19. The number of carbonyl (C=O) groups is 1. The van der Waals surface area contributed by atoms with Crippen LogP contribution in [0.25, 0.3) is 0 Å². The van der Waals surface area contributed by atoms with E-state index in [0.717, 1.165) is 0 Å². The number of rotatable bonds is 7. The molecule has 0 saturated carbocycles. The first-order valence-corrected chi connectivity index (χ1v) is 9.24. The van der Waals surface area contributed by atoms with Crippen LogP contribution < -0.4 is 15.0 Å². The molecule has 1 fully saturated rings. The summed E-state index contributed by atoms with van der Waals surface area (Å²) in [4.78, 5) is 11.5. The van der Waals surface area contributed by atoms with Gasteiger partial charge in [-0.25, -0.2) is 0 Å². The van der Waals surface area contributed by atoms with E-state index in [4.69, 9.17) is 55.4 Å². The van der Waals surface area contributed by atoms with Crippen molar-refractivity contribution in [1.29, 1.82) is 0 Å². The molecule has 0 aliphatic carbocycles. The lowest BCUT2D eigenvalue weighted by Crippen LogP contribution is -2.46. The predicted octanol–water partition coefficient (Wildman–Crippen LogP) is 4.86. The Morgan fingerprint density at radius 2 is 2.07 bits per heavy atom. The maximum absolute atomic E-state index is 11.9. The van der Waals surface area contributed by atoms with Crippen molar-refractivity contribution in [3.05, 3.63) is 51.9 Å². The van der Waals surface area contributed by atoms with Crippen molar-refractivity contribution in [2.75, 3.05) is 49.3 Å². The second-order valence-electron chi connectivity index (χ2n) is 5.83. The van der Waals surface area contributed by atoms with E-state index in [9.17, 15) is 4.79 Å². The fourth-order valence-electron chi connectivity index (χ4n) is 2.44. The van der Waals surface area contributed by atoms with Crippen molar-refractivity contribution in [3.8, 4) is 5.75 Å². The van der Waals surface area contributed by atoms with Gasteiger partial charge in [0, 0.05) is 55.2 Å². The van der Waals surface area contributed by atoms with Crippen LogP contribution in [0, 0.1) is 0 Å². The number of halogens is 2. The highest BCUT2D eigenvalue weighted by Crippen LogP contribution is 2.33. The Hall–Kier alpha value is -1.95. The van der Waals surface area contributed by atoms with Crippen molar-refractivity contribution < 1.29 is 36.9 Å². The summed E-state index contributed by atoms with van der Waals surface area (Å²) in [7, 11) is 0. The summed E-state index contributed by atoms with van der Waals surface area (Å²) in [6.07, 6.45) is -8.73. The highest BCUT2D eigenvalue weighted by atomic mass is 35.5. The van der Waals surface area contributed by atoms with E-state index < -0.39 is 115 Å². The number of fused-ring (bicyclic) bond motifs is 1. The number of amides is 1. The summed E-state index contributed by atoms with van der Waals surface area (Å²) >= 11 is 12.1. The van der Waals surface area contributed by atoms with Crippen LogP contribution in [0.5, 0.6) is 5.75 Å². The van der Waals surface area contributed by atoms with Gasteiger partial charge in [0.05, 0.1) is 38.7 Å². The quantitative estimate of drug-likeness (QED) is 0.631. The number of nitrogens with zero attached hydrogens (tertiary/aromatic N) is 2. The zero-order chi connectivity index (χ0) is 38.7. The Labute approximate surface area is 216 Å². The Morgan fingerprint density at radius 1 is 1.17 bits per heavy atom. The van der Waals surface area contributed by atoms with Gasteiger partial charge in [0.2, 0.25) is 5.91 Å². The topological polar surface area (TPSA) is 44.8 Å². The van der Waals surface area contributed by atoms with E-state index in [1.807, 2.05) is 0 Å². The summed E-state index contributed by atoms with van der Waals surface area (Å²) < 4.78 is 174. The number of carbonyl (C=O) groups excluding carboxylic acids is 1. The first-order valence-electron chi connectivity index (χ1n) is 18.5. The smallest absolute Gasteiger partial charge is 0.224 e. The molecule has 160 valence electrons. The summed E-state index contributed by atoms with van der Waals surface area (Å²) in [5, 5.41) is 0.742. The van der Waals surface area contributed by atoms with Gasteiger partial charge in [0.25, 0.3) is 0 Å². The van der Waals surface area contributed by atoms with Crippen LogP contribution in [0.3, 0.4) is 0 Å². The molecule has 2 aliphatic heterocycles. The first-order chi connectivity index (χ1) is 22.3. The summed E-state index contributed by atoms with van der Waals surface area (Å²) in [5.74, 6) is -1.71. The second kappa shape index (κ2) is 9.90. The number of hydrogen-bond acceptors (Lipinski definition) is 4. The third-order valence-corrected chi connectivity index (χ3v) is 4.60. The molecule has 2 heterocycles. The van der Waals surface area contributed by atoms with Crippen molar-refractivity contribution in [3.63, 3.8) is 0 Å². The molecule has 0 spiro atoms. The standard InChI is InChI=1S/C23H27Cl2N3O2/c24-19-4-3-5-21(23(19)25)28-13-11-27(12-14-28)10-1-2-15-30-18-8-6-17-7-9-22(29)26-20(17)16-18/h3-6,8,16H,1-2,7,9-15H2,(H,26,29)/i1D2,2D2,3D,4D,5D,6D,8D,10D2,11D2,13D2,14D2,15D2,16D. The summed E-state index contributed by atoms with van der Waals surface area (Å²) in [6, 6.07) is -5.22. The van der Waals surface area contributed by atoms with Crippen LogP contribution in [0.15, 0.2) is 36.3 Å². The lowest BCUT2D eigenvalue weighted by Gasteiger charge is -2.36. The largest absolute Gasteiger partial charge is 0.494 e. The Bertz CT molecular complexity index is 1740. The third kappa shape index (κ3) is 5.20. The van der Waals surface area contributed by atoms with Gasteiger partial charge in [-0.05, 0) is 49.4 Å². The summed E-state index contributed by atoms with van der Waals surface area (Å²) in [5.41, 5.74) is -1.30. The van der Waals surface area contributed by atoms with E-state index in [2.05, 4.69) is 5.32 Å². The van der Waals surface area contributed by atoms with Gasteiger partial charge in [0.1, 0.15) is 5.75 Å². The zero-order valence-electron chi connectivity index (χ0n) is 35.1. The fourth-order valence-corrected chi connectivity index (χ4v) is 2.76. The molecule has 30 heavy (non-hydrogen) atoms. The molecular weight excluding hydrogens is 421 g/mol. The number of piperazine rings is 1. The van der Waals surface area contributed by atoms with Crippen LogP contribution >= 0.6 is 23.2 Å². The molecule has 1 N–H and O–H groups in total. The van der Waals surface area contributed by atoms with Gasteiger partial charge >= 0.3 is 0 Å². The highest BCUT2D eigenvalue weighted by molar-refractivity contribution is 6.43. The van der Waals surface area contributed by atoms with E-state index in [0.29, 0.717) is 0 Å². The first kappa shape index (κ1) is 7.88. The van der Waals surface area contributed by atoms with Gasteiger partial charge in [-0.3, -0.25) is 9.69 Å². The van der Waals surface area contributed by atoms with Crippen molar-refractivity contribution in [1.82, 2.24) is 4.90 Å². The Morgan fingerprint density at radius 3 is 2.97 bits per heavy atom. The van der Waals surface area contributed by atoms with Crippen molar-refractivity contribution in [2.24, 2.45) is 0 Å². The van der Waals surface area contributed by atoms with Gasteiger partial charge in [0.15, 0.2) is 0 Å². The third-order valence-electron chi connectivity index (χ3n) is 3.85. The van der Waals surface area contributed by atoms with Gasteiger partial charge in [-0.1, -0.05) is 35.3 Å². The van der Waals surface area contributed by atoms with Crippen LogP contribution in [-0.4, -0.2) is 49.9 Å². The maximum atomic E-state index is 11.9. The molecule has 0 aromatic heterocycles. The minimum absolute atomic E-state index is 0.0304. The number of ether oxygens (including phenoxy) is 1. The molecule has 5 nitrogen and oxygen atoms in total. The van der Waals surface area contributed by atoms with Crippen LogP contribution in [-0.2, 0) is 11.2 Å². The molecule has 0 bridgehead atoms. The monoisotopic (exact) mass is 467 g/mol. The average Bonchev–Trinajstić information content (AvgIpc) is 2.99. The molecule has 1 amide bonds. The van der Waals surface area contributed by atoms with E-state index in [1.165, 1.54) is 0 Å². The van der Waals surface area contributed by atoms with Gasteiger partial charge in [-0.15, -0.1) is 0 Å². The molecule has 1 saturated heterocycles. The lowest BCUT2D eigenvalue weighted by molar-refractivity contribution is -0.116. The molecule has 2 aliphatic rings. The SMILES string of the molecule is [2H]c1c([2H])c(Cl)c(Cl)c(N2C([2H])([2H])CN(C([2H])([2H])C([2H])([2H])C([2H])([2H])C([2H])([2H])Oc3c([2H])c([2H])c4c(c3[2H])NC(=O)CC4)C([2H])([2H])C2([2H])[2H])c1[2H]. The summed E-state index contributed by atoms with van der Waals surface area (Å²) in [6.45, 7) is -21.0. The number of nitrogens with one attached hydrogen (secondary N) is 1. The van der Waals surface area contributed by atoms with Gasteiger partial charge in [-0.2, -0.15) is 0 Å². The van der Waals surface area contributed by atoms with Crippen molar-refractivity contribution >= 4 is 40.5 Å². The molecule has 2 aromatic rings. The minimum atomic E-state index is -4.31. The van der Waals surface area contributed by atoms with Crippen molar-refractivity contribution in [2.45, 2.75) is 25.6 Å². The number of benzene rings is 2. The molecule has 0 atom stereocenters. The predicted molar refractivity (Wildman–Crippen MR) is 123 cm³/mol. The minimum Gasteiger partial charge on any atom is -0.494 e. The Balaban J connectivity index is 1.81. The molecule has 0 unspecified atom stereocenters. The second-order valence-corrected chi connectivity index (χ2v) is 6.58. The maximum Gasteiger partial charge on any atom is 0.224 e. The lowest BCUT2D eigenvalue weighted by atomic mass is 10.0. The van der Waals surface area contributed by atoms with Crippen LogP contribution in [0.2, 0.25) is 10.0 Å². The van der Waals surface area contributed by atoms with E-state index >= 15 is 0 Å². The zero-order valence-corrected chi connectivity index (χ0v) is 16.6. The average molecular weight is 469 g/mol. The Kier molecular flexibility index (Phi) is 2.60.